The van der Waals surface area contributed by atoms with Gasteiger partial charge in [-0.2, -0.15) is 5.26 Å². The Hall–Kier alpha value is -0.550. The molecule has 1 saturated heterocycles. The molecule has 0 aliphatic carbocycles. The molecule has 0 saturated carbocycles. The predicted octanol–water partition coefficient (Wildman–Crippen LogP) is 0.508. The summed E-state index contributed by atoms with van der Waals surface area (Å²) in [7, 11) is 0. The second kappa shape index (κ2) is 2.15. The first-order valence-electron chi connectivity index (χ1n) is 2.96. The number of nitrogens with zero attached hydrogens (tertiary/aromatic N) is 1. The Balaban J connectivity index is 2.35. The molecule has 1 N–H and O–H groups in total. The van der Waals surface area contributed by atoms with Gasteiger partial charge in [0.1, 0.15) is 0 Å². The van der Waals surface area contributed by atoms with Crippen molar-refractivity contribution in [3.63, 3.8) is 0 Å². The standard InChI is InChI=1S/C6H10N2/c1-5-2-6(3-7)4-8-5/h5-6,8H,2,4H2,1H3. The lowest BCUT2D eigenvalue weighted by molar-refractivity contribution is 0.655. The van der Waals surface area contributed by atoms with Crippen LogP contribution in [0.5, 0.6) is 0 Å². The number of hydrogen-bond acceptors (Lipinski definition) is 2. The quantitative estimate of drug-likeness (QED) is 0.493. The molecule has 2 nitrogen and oxygen atoms in total. The summed E-state index contributed by atoms with van der Waals surface area (Å²) in [5.41, 5.74) is 0. The molecule has 0 aromatic rings. The van der Waals surface area contributed by atoms with Crippen LogP contribution in [-0.4, -0.2) is 12.6 Å². The molecule has 8 heavy (non-hydrogen) atoms. The second-order valence-electron chi connectivity index (χ2n) is 2.37. The summed E-state index contributed by atoms with van der Waals surface area (Å²) in [5.74, 6) is 0.269. The Morgan fingerprint density at radius 1 is 1.75 bits per heavy atom. The fourth-order valence-electron chi connectivity index (χ4n) is 1.04. The van der Waals surface area contributed by atoms with Crippen LogP contribution in [0, 0.1) is 17.2 Å². The van der Waals surface area contributed by atoms with Crippen molar-refractivity contribution in [1.82, 2.24) is 5.32 Å². The molecule has 0 aromatic carbocycles. The van der Waals surface area contributed by atoms with Crippen molar-refractivity contribution in [2.45, 2.75) is 19.4 Å². The molecule has 0 aromatic heterocycles. The van der Waals surface area contributed by atoms with E-state index in [1.165, 1.54) is 0 Å². The summed E-state index contributed by atoms with van der Waals surface area (Å²) in [6, 6.07) is 2.79. The van der Waals surface area contributed by atoms with Crippen molar-refractivity contribution >= 4 is 0 Å². The van der Waals surface area contributed by atoms with E-state index in [4.69, 9.17) is 5.26 Å². The van der Waals surface area contributed by atoms with E-state index in [0.29, 0.717) is 6.04 Å². The van der Waals surface area contributed by atoms with Crippen molar-refractivity contribution in [3.05, 3.63) is 0 Å². The SMILES string of the molecule is CC1CC(C#N)CN1. The van der Waals surface area contributed by atoms with Crippen molar-refractivity contribution in [2.75, 3.05) is 6.54 Å². The maximum atomic E-state index is 8.39. The van der Waals surface area contributed by atoms with Gasteiger partial charge in [0.05, 0.1) is 12.0 Å². The van der Waals surface area contributed by atoms with Gasteiger partial charge >= 0.3 is 0 Å². The molecule has 0 radical (unpaired) electrons. The third-order valence-corrected chi connectivity index (χ3v) is 1.53. The number of nitriles is 1. The van der Waals surface area contributed by atoms with Crippen LogP contribution < -0.4 is 5.32 Å². The summed E-state index contributed by atoms with van der Waals surface area (Å²) in [4.78, 5) is 0. The Labute approximate surface area is 49.5 Å². The molecule has 0 amide bonds. The number of rotatable bonds is 0. The van der Waals surface area contributed by atoms with E-state index in [-0.39, 0.29) is 5.92 Å². The van der Waals surface area contributed by atoms with Crippen molar-refractivity contribution < 1.29 is 0 Å². The zero-order valence-electron chi connectivity index (χ0n) is 5.02. The van der Waals surface area contributed by atoms with E-state index >= 15 is 0 Å². The molecule has 1 fully saturated rings. The highest BCUT2D eigenvalue weighted by atomic mass is 14.9. The highest BCUT2D eigenvalue weighted by Gasteiger charge is 2.18. The third kappa shape index (κ3) is 0.988. The largest absolute Gasteiger partial charge is 0.313 e. The molecule has 2 atom stereocenters. The average Bonchev–Trinajstić information content (AvgIpc) is 2.14. The monoisotopic (exact) mass is 110 g/mol. The fraction of sp³-hybridized carbons (Fsp3) is 0.833. The van der Waals surface area contributed by atoms with Crippen LogP contribution in [0.2, 0.25) is 0 Å². The Kier molecular flexibility index (Phi) is 1.50. The minimum absolute atomic E-state index is 0.269. The van der Waals surface area contributed by atoms with E-state index in [2.05, 4.69) is 18.3 Å². The molecule has 1 aliphatic rings. The van der Waals surface area contributed by atoms with Crippen LogP contribution in [0.3, 0.4) is 0 Å². The lowest BCUT2D eigenvalue weighted by atomic mass is 10.1. The molecular formula is C6H10N2. The van der Waals surface area contributed by atoms with Gasteiger partial charge in [0.25, 0.3) is 0 Å². The van der Waals surface area contributed by atoms with Crippen LogP contribution in [0.25, 0.3) is 0 Å². The average molecular weight is 110 g/mol. The normalized spacial score (nSPS) is 37.0. The van der Waals surface area contributed by atoms with E-state index in [1.54, 1.807) is 0 Å². The van der Waals surface area contributed by atoms with Gasteiger partial charge in [-0.05, 0) is 13.3 Å². The maximum absolute atomic E-state index is 8.39. The lowest BCUT2D eigenvalue weighted by Crippen LogP contribution is -2.16. The van der Waals surface area contributed by atoms with E-state index < -0.39 is 0 Å². The molecule has 1 aliphatic heterocycles. The van der Waals surface area contributed by atoms with Gasteiger partial charge in [-0.15, -0.1) is 0 Å². The molecule has 0 spiro atoms. The van der Waals surface area contributed by atoms with Gasteiger partial charge in [-0.1, -0.05) is 0 Å². The van der Waals surface area contributed by atoms with Crippen LogP contribution in [0.15, 0.2) is 0 Å². The second-order valence-corrected chi connectivity index (χ2v) is 2.37. The van der Waals surface area contributed by atoms with E-state index in [9.17, 15) is 0 Å². The smallest absolute Gasteiger partial charge is 0.0669 e. The van der Waals surface area contributed by atoms with Gasteiger partial charge in [0, 0.05) is 12.6 Å². The lowest BCUT2D eigenvalue weighted by Gasteiger charge is -1.95. The summed E-state index contributed by atoms with van der Waals surface area (Å²) < 4.78 is 0. The van der Waals surface area contributed by atoms with Crippen LogP contribution in [-0.2, 0) is 0 Å². The molecule has 1 heterocycles. The first-order chi connectivity index (χ1) is 3.83. The van der Waals surface area contributed by atoms with Gasteiger partial charge in [0.2, 0.25) is 0 Å². The molecule has 1 rings (SSSR count). The highest BCUT2D eigenvalue weighted by Crippen LogP contribution is 2.10. The zero-order chi connectivity index (χ0) is 5.98. The minimum Gasteiger partial charge on any atom is -0.313 e. The molecule has 2 heteroatoms. The van der Waals surface area contributed by atoms with Crippen LogP contribution in [0.1, 0.15) is 13.3 Å². The predicted molar refractivity (Wildman–Crippen MR) is 31.2 cm³/mol. The van der Waals surface area contributed by atoms with E-state index in [0.717, 1.165) is 13.0 Å². The molecule has 44 valence electrons. The van der Waals surface area contributed by atoms with Crippen molar-refractivity contribution in [3.8, 4) is 6.07 Å². The van der Waals surface area contributed by atoms with E-state index in [1.807, 2.05) is 0 Å². The summed E-state index contributed by atoms with van der Waals surface area (Å²) in [5, 5.41) is 11.6. The third-order valence-electron chi connectivity index (χ3n) is 1.53. The summed E-state index contributed by atoms with van der Waals surface area (Å²) in [6.45, 7) is 3.00. The topological polar surface area (TPSA) is 35.8 Å². The van der Waals surface area contributed by atoms with Gasteiger partial charge < -0.3 is 5.32 Å². The number of nitrogens with one attached hydrogen (secondary N) is 1. The first-order valence-corrected chi connectivity index (χ1v) is 2.96. The first kappa shape index (κ1) is 5.58. The summed E-state index contributed by atoms with van der Waals surface area (Å²) in [6.07, 6.45) is 1.02. The Morgan fingerprint density at radius 2 is 2.50 bits per heavy atom. The van der Waals surface area contributed by atoms with Crippen LogP contribution >= 0.6 is 0 Å². The Bertz CT molecular complexity index is 114. The van der Waals surface area contributed by atoms with Crippen molar-refractivity contribution in [1.29, 1.82) is 5.26 Å². The molecular weight excluding hydrogens is 100 g/mol. The maximum Gasteiger partial charge on any atom is 0.0669 e. The zero-order valence-corrected chi connectivity index (χ0v) is 5.02. The minimum atomic E-state index is 0.269. The highest BCUT2D eigenvalue weighted by molar-refractivity contribution is 4.92. The molecule has 2 unspecified atom stereocenters. The summed E-state index contributed by atoms with van der Waals surface area (Å²) >= 11 is 0. The fourth-order valence-corrected chi connectivity index (χ4v) is 1.04. The van der Waals surface area contributed by atoms with Gasteiger partial charge in [-0.3, -0.25) is 0 Å². The number of hydrogen-bond donors (Lipinski definition) is 1. The molecule has 0 bridgehead atoms. The van der Waals surface area contributed by atoms with Crippen molar-refractivity contribution in [2.24, 2.45) is 5.92 Å². The van der Waals surface area contributed by atoms with Gasteiger partial charge in [0.15, 0.2) is 0 Å². The Morgan fingerprint density at radius 3 is 2.75 bits per heavy atom. The van der Waals surface area contributed by atoms with Crippen LogP contribution in [0.4, 0.5) is 0 Å². The van der Waals surface area contributed by atoms with Gasteiger partial charge in [-0.25, -0.2) is 0 Å².